The Kier molecular flexibility index (Phi) is 7.75. The van der Waals surface area contributed by atoms with Gasteiger partial charge >= 0.3 is 11.9 Å². The Hall–Kier alpha value is -2.92. The minimum atomic E-state index is -1.98. The van der Waals surface area contributed by atoms with Gasteiger partial charge in [-0.15, -0.1) is 5.06 Å². The Labute approximate surface area is 244 Å². The van der Waals surface area contributed by atoms with Crippen molar-refractivity contribution in [1.82, 2.24) is 5.06 Å². The topological polar surface area (TPSA) is 148 Å². The number of nitrogens with zero attached hydrogens (tertiary/aromatic N) is 1. The number of hydrogen-bond acceptors (Lipinski definition) is 9. The molecule has 42 heavy (non-hydrogen) atoms. The van der Waals surface area contributed by atoms with Gasteiger partial charge in [-0.3, -0.25) is 19.2 Å². The molecule has 1 heterocycles. The molecule has 0 aromatic rings. The van der Waals surface area contributed by atoms with E-state index >= 15 is 4.39 Å². The van der Waals surface area contributed by atoms with Crippen molar-refractivity contribution in [3.63, 3.8) is 0 Å². The van der Waals surface area contributed by atoms with Crippen molar-refractivity contribution in [2.24, 2.45) is 28.6 Å². The number of aliphatic hydroxyl groups excluding tert-OH is 1. The number of carbonyl (C=O) groups excluding carboxylic acids is 5. The number of imide groups is 1. The molecule has 1 aliphatic heterocycles. The number of amides is 2. The highest BCUT2D eigenvalue weighted by atomic mass is 19.1. The summed E-state index contributed by atoms with van der Waals surface area (Å²) in [4.78, 5) is 64.2. The van der Waals surface area contributed by atoms with E-state index in [4.69, 9.17) is 9.57 Å². The third-order valence-corrected chi connectivity index (χ3v) is 11.1. The van der Waals surface area contributed by atoms with Gasteiger partial charge in [0.05, 0.1) is 18.3 Å². The van der Waals surface area contributed by atoms with Gasteiger partial charge in [-0.25, -0.2) is 9.18 Å². The van der Waals surface area contributed by atoms with E-state index in [0.29, 0.717) is 29.9 Å². The monoisotopic (exact) mass is 589 g/mol. The number of hydrogen-bond donors (Lipinski definition) is 2. The lowest BCUT2D eigenvalue weighted by Crippen LogP contribution is -2.68. The molecule has 8 atom stereocenters. The maximum absolute atomic E-state index is 17.3. The van der Waals surface area contributed by atoms with Gasteiger partial charge in [0, 0.05) is 48.9 Å². The van der Waals surface area contributed by atoms with Crippen LogP contribution in [0, 0.1) is 28.6 Å². The summed E-state index contributed by atoms with van der Waals surface area (Å²) in [7, 11) is 0. The number of carbonyl (C=O) groups is 5. The molecule has 0 aromatic heterocycles. The van der Waals surface area contributed by atoms with Gasteiger partial charge in [0.15, 0.2) is 11.5 Å². The average Bonchev–Trinajstić information content (AvgIpc) is 3.33. The largest absolute Gasteiger partial charge is 0.466 e. The molecule has 5 aliphatic rings. The van der Waals surface area contributed by atoms with Crippen LogP contribution in [0.15, 0.2) is 23.8 Å². The van der Waals surface area contributed by atoms with E-state index in [2.05, 4.69) is 0 Å². The summed E-state index contributed by atoms with van der Waals surface area (Å²) in [5.41, 5.74) is -4.51. The van der Waals surface area contributed by atoms with Crippen molar-refractivity contribution in [2.75, 3.05) is 6.61 Å². The Balaban J connectivity index is 1.18. The molecule has 2 N–H and O–H groups in total. The SMILES string of the molecule is C[C@@H]1C[C@H]2[C@@H]3CCC4=CC(=O)C=C[C@]4(C)[C@@]3(F)[C@@H](O)C[C@]2(C)[C@@]1(O)CCOC(=O)CCCC(=O)ON1C(=O)CCC1=O. The highest BCUT2D eigenvalue weighted by Gasteiger charge is 2.74. The summed E-state index contributed by atoms with van der Waals surface area (Å²) in [6.45, 7) is 5.49. The molecule has 0 aromatic carbocycles. The van der Waals surface area contributed by atoms with E-state index in [-0.39, 0.29) is 69.2 Å². The zero-order chi connectivity index (χ0) is 30.7. The fraction of sp³-hybridized carbons (Fsp3) is 0.710. The molecule has 3 saturated carbocycles. The van der Waals surface area contributed by atoms with Crippen molar-refractivity contribution < 1.29 is 48.2 Å². The number of allylic oxidation sites excluding steroid dienone is 4. The van der Waals surface area contributed by atoms with Crippen LogP contribution in [0.3, 0.4) is 0 Å². The molecule has 2 amide bonds. The van der Waals surface area contributed by atoms with Crippen molar-refractivity contribution in [2.45, 2.75) is 102 Å². The zero-order valence-corrected chi connectivity index (χ0v) is 24.4. The molecule has 0 radical (unpaired) electrons. The normalized spacial score (nSPS) is 40.8. The minimum absolute atomic E-state index is 0.00533. The summed E-state index contributed by atoms with van der Waals surface area (Å²) in [5.74, 6) is -3.67. The van der Waals surface area contributed by atoms with Gasteiger partial charge in [-0.05, 0) is 63.0 Å². The first-order chi connectivity index (χ1) is 19.7. The molecule has 4 fully saturated rings. The summed E-state index contributed by atoms with van der Waals surface area (Å²) >= 11 is 0. The number of aliphatic hydroxyl groups is 2. The lowest BCUT2D eigenvalue weighted by molar-refractivity contribution is -0.223. The number of hydroxylamine groups is 2. The quantitative estimate of drug-likeness (QED) is 0.322. The first-order valence-electron chi connectivity index (χ1n) is 14.9. The van der Waals surface area contributed by atoms with Crippen molar-refractivity contribution in [3.8, 4) is 0 Å². The standard InChI is InChI=1S/C31H40FNO9/c1-18-15-22-21-8-7-19-16-20(34)11-12-28(19,2)31(21,32)23(35)17-29(22,3)30(18,40)13-14-41-26(38)5-4-6-27(39)42-33-24(36)9-10-25(33)37/h11-12,16,18,21-23,35,40H,4-10,13-15,17H2,1-3H3/t18-,21+,22+,23+,28+,29+,30-,31+/m1/s1. The lowest BCUT2D eigenvalue weighted by atomic mass is 9.44. The van der Waals surface area contributed by atoms with Crippen LogP contribution in [0.2, 0.25) is 0 Å². The number of esters is 1. The highest BCUT2D eigenvalue weighted by molar-refractivity contribution is 6.02. The molecule has 10 nitrogen and oxygen atoms in total. The van der Waals surface area contributed by atoms with E-state index in [1.165, 1.54) is 12.2 Å². The average molecular weight is 590 g/mol. The van der Waals surface area contributed by atoms with Crippen LogP contribution in [0.5, 0.6) is 0 Å². The van der Waals surface area contributed by atoms with Gasteiger partial charge in [0.1, 0.15) is 0 Å². The third kappa shape index (κ3) is 4.54. The van der Waals surface area contributed by atoms with E-state index in [1.54, 1.807) is 13.0 Å². The number of rotatable bonds is 8. The smallest absolute Gasteiger partial charge is 0.333 e. The Morgan fingerprint density at radius 3 is 2.43 bits per heavy atom. The first-order valence-corrected chi connectivity index (χ1v) is 14.9. The maximum Gasteiger partial charge on any atom is 0.333 e. The fourth-order valence-electron chi connectivity index (χ4n) is 8.74. The maximum atomic E-state index is 17.3. The molecule has 0 bridgehead atoms. The lowest BCUT2D eigenvalue weighted by Gasteiger charge is -2.63. The second-order valence-electron chi connectivity index (χ2n) is 13.2. The van der Waals surface area contributed by atoms with Crippen molar-refractivity contribution in [1.29, 1.82) is 0 Å². The molecule has 11 heteroatoms. The van der Waals surface area contributed by atoms with Crippen LogP contribution in [-0.4, -0.2) is 68.8 Å². The van der Waals surface area contributed by atoms with E-state index in [9.17, 15) is 34.2 Å². The Bertz CT molecular complexity index is 1250. The summed E-state index contributed by atoms with van der Waals surface area (Å²) in [6, 6.07) is 0. The van der Waals surface area contributed by atoms with Crippen LogP contribution >= 0.6 is 0 Å². The molecular formula is C31H40FNO9. The van der Waals surface area contributed by atoms with Crippen LogP contribution in [0.1, 0.15) is 85.0 Å². The Morgan fingerprint density at radius 1 is 1.07 bits per heavy atom. The second-order valence-corrected chi connectivity index (χ2v) is 13.2. The van der Waals surface area contributed by atoms with E-state index in [1.807, 2.05) is 13.8 Å². The summed E-state index contributed by atoms with van der Waals surface area (Å²) in [5, 5.41) is 24.0. The second kappa shape index (κ2) is 10.7. The predicted molar refractivity (Wildman–Crippen MR) is 144 cm³/mol. The van der Waals surface area contributed by atoms with E-state index in [0.717, 1.165) is 0 Å². The number of halogens is 1. The predicted octanol–water partition coefficient (Wildman–Crippen LogP) is 3.05. The highest BCUT2D eigenvalue weighted by Crippen LogP contribution is 2.71. The number of alkyl halides is 1. The van der Waals surface area contributed by atoms with E-state index < -0.39 is 57.9 Å². The molecule has 1 saturated heterocycles. The van der Waals surface area contributed by atoms with Crippen molar-refractivity contribution in [3.05, 3.63) is 23.8 Å². The van der Waals surface area contributed by atoms with Crippen LogP contribution < -0.4 is 0 Å². The molecule has 0 spiro atoms. The number of fused-ring (bicyclic) bond motifs is 5. The van der Waals surface area contributed by atoms with Crippen LogP contribution in [0.4, 0.5) is 4.39 Å². The van der Waals surface area contributed by atoms with Gasteiger partial charge < -0.3 is 19.8 Å². The molecule has 0 unspecified atom stereocenters. The summed E-state index contributed by atoms with van der Waals surface area (Å²) < 4.78 is 22.6. The molecule has 4 aliphatic carbocycles. The molecule has 5 rings (SSSR count). The first kappa shape index (κ1) is 30.5. The molecule has 230 valence electrons. The van der Waals surface area contributed by atoms with Crippen molar-refractivity contribution >= 4 is 29.5 Å². The Morgan fingerprint density at radius 2 is 1.74 bits per heavy atom. The number of ketones is 1. The molecular weight excluding hydrogens is 549 g/mol. The van der Waals surface area contributed by atoms with Crippen LogP contribution in [-0.2, 0) is 33.5 Å². The van der Waals surface area contributed by atoms with Gasteiger partial charge in [0.2, 0.25) is 0 Å². The van der Waals surface area contributed by atoms with Crippen LogP contribution in [0.25, 0.3) is 0 Å². The summed E-state index contributed by atoms with van der Waals surface area (Å²) in [6.07, 6.45) is 4.66. The minimum Gasteiger partial charge on any atom is -0.466 e. The zero-order valence-electron chi connectivity index (χ0n) is 24.4. The van der Waals surface area contributed by atoms with Gasteiger partial charge in [-0.1, -0.05) is 25.5 Å². The van der Waals surface area contributed by atoms with Gasteiger partial charge in [0.25, 0.3) is 11.8 Å². The number of ether oxygens (including phenoxy) is 1. The third-order valence-electron chi connectivity index (χ3n) is 11.1. The van der Waals surface area contributed by atoms with Gasteiger partial charge in [-0.2, -0.15) is 0 Å². The fourth-order valence-corrected chi connectivity index (χ4v) is 8.74.